The second kappa shape index (κ2) is 14.4. The van der Waals surface area contributed by atoms with Gasteiger partial charge in [-0.3, -0.25) is 0 Å². The van der Waals surface area contributed by atoms with Crippen molar-refractivity contribution in [3.8, 4) is 33.4 Å². The fourth-order valence-electron chi connectivity index (χ4n) is 10.8. The molecule has 12 rings (SSSR count). The van der Waals surface area contributed by atoms with Crippen LogP contribution < -0.4 is 9.80 Å². The zero-order chi connectivity index (χ0) is 43.2. The summed E-state index contributed by atoms with van der Waals surface area (Å²) in [6.45, 7) is 9.44. The first kappa shape index (κ1) is 38.0. The summed E-state index contributed by atoms with van der Waals surface area (Å²) < 4.78 is 0. The lowest BCUT2D eigenvalue weighted by Gasteiger charge is -2.29. The summed E-state index contributed by atoms with van der Waals surface area (Å²) in [5.74, 6) is 0. The minimum atomic E-state index is -0.116. The van der Waals surface area contributed by atoms with Crippen molar-refractivity contribution in [3.05, 3.63) is 241 Å². The van der Waals surface area contributed by atoms with Crippen molar-refractivity contribution < 1.29 is 0 Å². The van der Waals surface area contributed by atoms with Crippen molar-refractivity contribution in [1.82, 2.24) is 0 Å². The van der Waals surface area contributed by atoms with Crippen LogP contribution in [0.5, 0.6) is 0 Å². The van der Waals surface area contributed by atoms with Gasteiger partial charge in [0.1, 0.15) is 0 Å². The van der Waals surface area contributed by atoms with E-state index < -0.39 is 0 Å². The lowest BCUT2D eigenvalue weighted by molar-refractivity contribution is 0.660. The molecule has 2 heteroatoms. The number of anilines is 6. The topological polar surface area (TPSA) is 6.48 Å². The summed E-state index contributed by atoms with van der Waals surface area (Å²) in [4.78, 5) is 4.87. The molecule has 0 N–H and O–H groups in total. The zero-order valence-corrected chi connectivity index (χ0v) is 36.7. The number of benzene rings is 10. The molecule has 0 radical (unpaired) electrons. The van der Waals surface area contributed by atoms with Crippen molar-refractivity contribution in [2.75, 3.05) is 9.80 Å². The minimum absolute atomic E-state index is 0.116. The van der Waals surface area contributed by atoms with Crippen molar-refractivity contribution in [1.29, 1.82) is 0 Å². The Balaban J connectivity index is 0.990. The van der Waals surface area contributed by atoms with Gasteiger partial charge < -0.3 is 9.80 Å². The van der Waals surface area contributed by atoms with Gasteiger partial charge in [-0.25, -0.2) is 0 Å². The summed E-state index contributed by atoms with van der Waals surface area (Å²) >= 11 is 0. The van der Waals surface area contributed by atoms with Crippen molar-refractivity contribution >= 4 is 55.7 Å². The summed E-state index contributed by atoms with van der Waals surface area (Å²) in [6.07, 6.45) is 0. The number of hydrogen-bond acceptors (Lipinski definition) is 2. The normalized spacial score (nSPS) is 13.9. The van der Waals surface area contributed by atoms with Crippen molar-refractivity contribution in [2.45, 2.75) is 38.5 Å². The SMILES string of the molecule is CC1(C)c2ccccc2-c2ccc(N(c3cccc(-c4cccc(N(c5ccc6c(c5)C(C)(C)c5ccccc5-6)c5ccc6ccccc6c5)c4)c3)c3ccc4ccccc4c3)cc21. The molecule has 2 aliphatic rings. The van der Waals surface area contributed by atoms with Crippen LogP contribution in [0.1, 0.15) is 49.9 Å². The molecule has 0 saturated heterocycles. The smallest absolute Gasteiger partial charge is 0.0468 e. The average Bonchev–Trinajstić information content (AvgIpc) is 3.71. The molecule has 0 amide bonds. The molecule has 0 spiro atoms. The van der Waals surface area contributed by atoms with Gasteiger partial charge in [-0.15, -0.1) is 0 Å². The van der Waals surface area contributed by atoms with Gasteiger partial charge in [0, 0.05) is 45.0 Å². The molecule has 0 atom stereocenters. The number of hydrogen-bond donors (Lipinski definition) is 0. The molecule has 0 aromatic heterocycles. The van der Waals surface area contributed by atoms with Gasteiger partial charge in [-0.2, -0.15) is 0 Å². The van der Waals surface area contributed by atoms with Crippen LogP contribution in [-0.4, -0.2) is 0 Å². The Hall–Kier alpha value is -7.68. The highest BCUT2D eigenvalue weighted by atomic mass is 15.1. The fourth-order valence-corrected chi connectivity index (χ4v) is 10.8. The van der Waals surface area contributed by atoms with Crippen LogP contribution in [0.3, 0.4) is 0 Å². The van der Waals surface area contributed by atoms with Gasteiger partial charge in [0.15, 0.2) is 0 Å². The van der Waals surface area contributed by atoms with E-state index in [1.807, 2.05) is 0 Å². The largest absolute Gasteiger partial charge is 0.310 e. The van der Waals surface area contributed by atoms with Crippen molar-refractivity contribution in [3.63, 3.8) is 0 Å². The highest BCUT2D eigenvalue weighted by molar-refractivity contribution is 5.94. The molecule has 0 fully saturated rings. The van der Waals surface area contributed by atoms with E-state index in [4.69, 9.17) is 0 Å². The quantitative estimate of drug-likeness (QED) is 0.158. The van der Waals surface area contributed by atoms with E-state index in [0.717, 1.165) is 45.3 Å². The van der Waals surface area contributed by atoms with E-state index in [9.17, 15) is 0 Å². The third-order valence-electron chi connectivity index (χ3n) is 14.2. The Morgan fingerprint density at radius 3 is 1.05 bits per heavy atom. The molecule has 0 bridgehead atoms. The molecule has 0 heterocycles. The van der Waals surface area contributed by atoms with E-state index in [0.29, 0.717) is 0 Å². The number of rotatable bonds is 7. The maximum absolute atomic E-state index is 2.44. The molecule has 2 nitrogen and oxygen atoms in total. The van der Waals surface area contributed by atoms with E-state index in [2.05, 4.69) is 256 Å². The Morgan fingerprint density at radius 1 is 0.250 bits per heavy atom. The first-order chi connectivity index (χ1) is 31.2. The lowest BCUT2D eigenvalue weighted by Crippen LogP contribution is -2.16. The molecule has 64 heavy (non-hydrogen) atoms. The summed E-state index contributed by atoms with van der Waals surface area (Å²) in [5.41, 5.74) is 19.6. The minimum Gasteiger partial charge on any atom is -0.310 e. The third kappa shape index (κ3) is 6.01. The van der Waals surface area contributed by atoms with Crippen LogP contribution >= 0.6 is 0 Å². The lowest BCUT2D eigenvalue weighted by atomic mass is 9.82. The number of fused-ring (bicyclic) bond motifs is 8. The van der Waals surface area contributed by atoms with E-state index in [1.165, 1.54) is 66.1 Å². The molecule has 10 aromatic rings. The van der Waals surface area contributed by atoms with Crippen LogP contribution in [0, 0.1) is 0 Å². The highest BCUT2D eigenvalue weighted by Crippen LogP contribution is 2.52. The Kier molecular flexibility index (Phi) is 8.58. The molecule has 10 aromatic carbocycles. The molecule has 0 unspecified atom stereocenters. The second-order valence-electron chi connectivity index (χ2n) is 18.6. The molecule has 2 aliphatic carbocycles. The maximum Gasteiger partial charge on any atom is 0.0468 e. The Bertz CT molecular complexity index is 3250. The maximum atomic E-state index is 2.44. The first-order valence-electron chi connectivity index (χ1n) is 22.5. The van der Waals surface area contributed by atoms with Gasteiger partial charge in [-0.05, 0) is 150 Å². The third-order valence-corrected chi connectivity index (χ3v) is 14.2. The molecule has 0 aliphatic heterocycles. The standard InChI is InChI=1S/C62H48N2/c1-61(2)57-25-11-9-23-53(57)55-33-31-51(39-59(55)61)63(49-29-27-41-15-5-7-17-43(41)35-49)47-21-13-19-45(37-47)46-20-14-22-48(38-46)64(50-30-28-42-16-6-8-18-44(42)36-50)52-32-34-56-54-24-10-12-26-58(54)62(3,4)60(56)40-52/h5-40H,1-4H3. The predicted octanol–water partition coefficient (Wildman–Crippen LogP) is 17.2. The predicted molar refractivity (Wildman–Crippen MR) is 271 cm³/mol. The summed E-state index contributed by atoms with van der Waals surface area (Å²) in [6, 6.07) is 81.0. The summed E-state index contributed by atoms with van der Waals surface area (Å²) in [7, 11) is 0. The van der Waals surface area contributed by atoms with Crippen LogP contribution in [0.15, 0.2) is 218 Å². The first-order valence-corrected chi connectivity index (χ1v) is 22.5. The van der Waals surface area contributed by atoms with E-state index in [-0.39, 0.29) is 10.8 Å². The van der Waals surface area contributed by atoms with Crippen LogP contribution in [0.2, 0.25) is 0 Å². The van der Waals surface area contributed by atoms with E-state index >= 15 is 0 Å². The monoisotopic (exact) mass is 820 g/mol. The van der Waals surface area contributed by atoms with Gasteiger partial charge in [0.05, 0.1) is 0 Å². The Morgan fingerprint density at radius 2 is 0.594 bits per heavy atom. The average molecular weight is 821 g/mol. The second-order valence-corrected chi connectivity index (χ2v) is 18.6. The number of nitrogens with zero attached hydrogens (tertiary/aromatic N) is 2. The molecular formula is C62H48N2. The Labute approximate surface area is 376 Å². The van der Waals surface area contributed by atoms with Gasteiger partial charge in [0.25, 0.3) is 0 Å². The van der Waals surface area contributed by atoms with Crippen LogP contribution in [-0.2, 0) is 10.8 Å². The summed E-state index contributed by atoms with van der Waals surface area (Å²) in [5, 5.41) is 4.90. The molecule has 306 valence electrons. The fraction of sp³-hybridized carbons (Fsp3) is 0.0968. The molecule has 0 saturated carbocycles. The van der Waals surface area contributed by atoms with Gasteiger partial charge in [-0.1, -0.05) is 173 Å². The zero-order valence-electron chi connectivity index (χ0n) is 36.7. The molecular weight excluding hydrogens is 773 g/mol. The van der Waals surface area contributed by atoms with Crippen LogP contribution in [0.25, 0.3) is 54.9 Å². The van der Waals surface area contributed by atoms with E-state index in [1.54, 1.807) is 0 Å². The highest BCUT2D eigenvalue weighted by Gasteiger charge is 2.37. The van der Waals surface area contributed by atoms with Gasteiger partial charge >= 0.3 is 0 Å². The van der Waals surface area contributed by atoms with Crippen LogP contribution in [0.4, 0.5) is 34.1 Å². The van der Waals surface area contributed by atoms with Gasteiger partial charge in [0.2, 0.25) is 0 Å². The van der Waals surface area contributed by atoms with Crippen molar-refractivity contribution in [2.24, 2.45) is 0 Å².